The van der Waals surface area contributed by atoms with Crippen molar-refractivity contribution in [3.05, 3.63) is 101 Å². The van der Waals surface area contributed by atoms with Crippen molar-refractivity contribution < 1.29 is 14.7 Å². The van der Waals surface area contributed by atoms with E-state index in [2.05, 4.69) is 64.8 Å². The molecular formula is C29H27N3O3. The number of carbonyl (C=O) groups excluding carboxylic acids is 1. The average molecular weight is 466 g/mol. The van der Waals surface area contributed by atoms with Gasteiger partial charge in [-0.3, -0.25) is 9.59 Å². The number of anilines is 1. The van der Waals surface area contributed by atoms with Crippen LogP contribution in [-0.2, 0) is 16.0 Å². The highest BCUT2D eigenvalue weighted by atomic mass is 16.4. The number of aryl methyl sites for hydroxylation is 1. The number of aromatic nitrogens is 2. The summed E-state index contributed by atoms with van der Waals surface area (Å²) in [4.78, 5) is 30.3. The van der Waals surface area contributed by atoms with Crippen molar-refractivity contribution in [1.29, 1.82) is 0 Å². The molecule has 0 bridgehead atoms. The number of amides is 1. The second-order valence-electron chi connectivity index (χ2n) is 8.85. The van der Waals surface area contributed by atoms with E-state index in [1.54, 1.807) is 0 Å². The molecule has 4 N–H and O–H groups in total. The van der Waals surface area contributed by atoms with E-state index in [0.29, 0.717) is 12.1 Å². The first-order valence-corrected chi connectivity index (χ1v) is 11.7. The monoisotopic (exact) mass is 465 g/mol. The minimum atomic E-state index is -0.984. The van der Waals surface area contributed by atoms with Gasteiger partial charge in [-0.1, -0.05) is 54.6 Å². The van der Waals surface area contributed by atoms with Crippen LogP contribution in [0.25, 0.3) is 21.8 Å². The molecule has 0 aliphatic rings. The fourth-order valence-electron chi connectivity index (χ4n) is 4.97. The summed E-state index contributed by atoms with van der Waals surface area (Å²) in [6, 6.07) is 24.4. The number of aromatic amines is 2. The third kappa shape index (κ3) is 4.55. The second kappa shape index (κ2) is 9.50. The van der Waals surface area contributed by atoms with E-state index in [9.17, 15) is 9.59 Å². The largest absolute Gasteiger partial charge is 0.481 e. The molecular weight excluding hydrogens is 438 g/mol. The maximum atomic E-state index is 12.4. The lowest BCUT2D eigenvalue weighted by molar-refractivity contribution is -0.138. The van der Waals surface area contributed by atoms with Crippen LogP contribution in [0.3, 0.4) is 0 Å². The number of aliphatic carboxylic acids is 1. The van der Waals surface area contributed by atoms with Gasteiger partial charge in [-0.2, -0.15) is 0 Å². The van der Waals surface area contributed by atoms with E-state index in [0.717, 1.165) is 22.3 Å². The highest BCUT2D eigenvalue weighted by Crippen LogP contribution is 2.40. The van der Waals surface area contributed by atoms with Crippen LogP contribution in [0.2, 0.25) is 0 Å². The molecule has 0 radical (unpaired) electrons. The van der Waals surface area contributed by atoms with Gasteiger partial charge in [0.15, 0.2) is 0 Å². The van der Waals surface area contributed by atoms with Crippen LogP contribution in [0.4, 0.5) is 5.69 Å². The van der Waals surface area contributed by atoms with Crippen molar-refractivity contribution in [3.8, 4) is 0 Å². The Morgan fingerprint density at radius 1 is 0.886 bits per heavy atom. The number of hydrogen-bond acceptors (Lipinski definition) is 2. The molecule has 6 heteroatoms. The van der Waals surface area contributed by atoms with Gasteiger partial charge in [0.05, 0.1) is 6.42 Å². The van der Waals surface area contributed by atoms with E-state index < -0.39 is 5.97 Å². The number of para-hydroxylation sites is 3. The molecule has 1 unspecified atom stereocenters. The Kier molecular flexibility index (Phi) is 6.10. The zero-order chi connectivity index (χ0) is 24.4. The molecule has 5 aromatic rings. The van der Waals surface area contributed by atoms with Gasteiger partial charge in [-0.25, -0.2) is 0 Å². The van der Waals surface area contributed by atoms with Gasteiger partial charge in [-0.05, 0) is 48.2 Å². The molecule has 6 nitrogen and oxygen atoms in total. The van der Waals surface area contributed by atoms with E-state index in [1.165, 1.54) is 21.9 Å². The lowest BCUT2D eigenvalue weighted by Crippen LogP contribution is -2.15. The van der Waals surface area contributed by atoms with Gasteiger partial charge in [0.1, 0.15) is 0 Å². The van der Waals surface area contributed by atoms with E-state index in [-0.39, 0.29) is 24.7 Å². The summed E-state index contributed by atoms with van der Waals surface area (Å²) >= 11 is 0. The summed E-state index contributed by atoms with van der Waals surface area (Å²) in [6.07, 6.45) is 2.50. The van der Waals surface area contributed by atoms with Crippen LogP contribution in [0.1, 0.15) is 41.1 Å². The lowest BCUT2D eigenvalue weighted by atomic mass is 9.84. The molecule has 0 saturated heterocycles. The van der Waals surface area contributed by atoms with Crippen molar-refractivity contribution >= 4 is 39.4 Å². The third-order valence-electron chi connectivity index (χ3n) is 6.57. The van der Waals surface area contributed by atoms with Gasteiger partial charge in [0.2, 0.25) is 5.91 Å². The average Bonchev–Trinajstić information content (AvgIpc) is 3.43. The third-order valence-corrected chi connectivity index (χ3v) is 6.57. The molecule has 0 aliphatic carbocycles. The molecule has 1 atom stereocenters. The summed E-state index contributed by atoms with van der Waals surface area (Å²) in [5.41, 5.74) is 7.43. The number of nitrogens with one attached hydrogen (secondary N) is 3. The minimum absolute atomic E-state index is 0.0272. The Hall–Kier alpha value is -4.32. The molecule has 2 heterocycles. The van der Waals surface area contributed by atoms with Gasteiger partial charge >= 0.3 is 5.97 Å². The van der Waals surface area contributed by atoms with Crippen molar-refractivity contribution in [2.24, 2.45) is 0 Å². The van der Waals surface area contributed by atoms with Gasteiger partial charge < -0.3 is 20.4 Å². The van der Waals surface area contributed by atoms with Gasteiger partial charge in [-0.15, -0.1) is 0 Å². The summed E-state index contributed by atoms with van der Waals surface area (Å²) in [5.74, 6) is -1.26. The smallest absolute Gasteiger partial charge is 0.303 e. The molecule has 1 amide bonds. The number of carboxylic acids is 1. The van der Waals surface area contributed by atoms with Crippen LogP contribution >= 0.6 is 0 Å². The summed E-state index contributed by atoms with van der Waals surface area (Å²) < 4.78 is 0. The van der Waals surface area contributed by atoms with Crippen LogP contribution in [0.5, 0.6) is 0 Å². The number of carbonyl (C=O) groups is 2. The van der Waals surface area contributed by atoms with E-state index in [4.69, 9.17) is 5.11 Å². The van der Waals surface area contributed by atoms with Crippen LogP contribution in [0.15, 0.2) is 79.0 Å². The molecule has 0 saturated carbocycles. The Labute approximate surface area is 203 Å². The normalized spacial score (nSPS) is 12.1. The number of hydrogen-bond donors (Lipinski definition) is 4. The van der Waals surface area contributed by atoms with Crippen molar-refractivity contribution in [2.45, 2.75) is 32.1 Å². The standard InChI is InChI=1S/C29H27N3O3/c1-18-29(21-10-4-7-13-26(21)31-18)22(23-17-30-25-12-6-3-9-20(23)25)16-19-8-2-5-11-24(19)32-27(33)14-15-28(34)35/h2-13,17,22,30-31H,14-16H2,1H3,(H,32,33)(H,34,35). The first-order valence-electron chi connectivity index (χ1n) is 11.7. The zero-order valence-corrected chi connectivity index (χ0v) is 19.5. The lowest BCUT2D eigenvalue weighted by Gasteiger charge is -2.20. The predicted molar refractivity (Wildman–Crippen MR) is 139 cm³/mol. The van der Waals surface area contributed by atoms with E-state index in [1.807, 2.05) is 36.4 Å². The molecule has 0 aliphatic heterocycles. The van der Waals surface area contributed by atoms with Crippen LogP contribution < -0.4 is 5.32 Å². The molecule has 0 spiro atoms. The minimum Gasteiger partial charge on any atom is -0.481 e. The first-order chi connectivity index (χ1) is 17.0. The number of carboxylic acid groups (broad SMARTS) is 1. The van der Waals surface area contributed by atoms with Crippen molar-refractivity contribution in [2.75, 3.05) is 5.32 Å². The molecule has 176 valence electrons. The number of rotatable bonds is 8. The summed E-state index contributed by atoms with van der Waals surface area (Å²) in [6.45, 7) is 2.11. The fourth-order valence-corrected chi connectivity index (χ4v) is 4.97. The number of H-pyrrole nitrogens is 2. The highest BCUT2D eigenvalue weighted by molar-refractivity contribution is 5.93. The van der Waals surface area contributed by atoms with Crippen molar-refractivity contribution in [1.82, 2.24) is 9.97 Å². The highest BCUT2D eigenvalue weighted by Gasteiger charge is 2.25. The fraction of sp³-hybridized carbons (Fsp3) is 0.172. The molecule has 35 heavy (non-hydrogen) atoms. The zero-order valence-electron chi connectivity index (χ0n) is 19.5. The predicted octanol–water partition coefficient (Wildman–Crippen LogP) is 6.14. The number of fused-ring (bicyclic) bond motifs is 2. The maximum absolute atomic E-state index is 12.4. The summed E-state index contributed by atoms with van der Waals surface area (Å²) in [7, 11) is 0. The van der Waals surface area contributed by atoms with E-state index >= 15 is 0 Å². The Bertz CT molecular complexity index is 1530. The molecule has 5 rings (SSSR count). The summed E-state index contributed by atoms with van der Waals surface area (Å²) in [5, 5.41) is 14.2. The van der Waals surface area contributed by atoms with Crippen LogP contribution in [0, 0.1) is 6.92 Å². The second-order valence-corrected chi connectivity index (χ2v) is 8.85. The molecule has 0 fully saturated rings. The Morgan fingerprint density at radius 3 is 2.37 bits per heavy atom. The SMILES string of the molecule is Cc1[nH]c2ccccc2c1C(Cc1ccccc1NC(=O)CCC(=O)O)c1c[nH]c2ccccc12. The topological polar surface area (TPSA) is 98.0 Å². The Morgan fingerprint density at radius 2 is 1.57 bits per heavy atom. The first kappa shape index (κ1) is 22.5. The Balaban J connectivity index is 1.59. The molecule has 3 aromatic carbocycles. The van der Waals surface area contributed by atoms with Crippen LogP contribution in [-0.4, -0.2) is 27.0 Å². The molecule has 2 aromatic heterocycles. The van der Waals surface area contributed by atoms with Crippen molar-refractivity contribution in [3.63, 3.8) is 0 Å². The van der Waals surface area contributed by atoms with Gasteiger partial charge in [0, 0.05) is 51.7 Å². The quantitative estimate of drug-likeness (QED) is 0.222. The number of benzene rings is 3. The van der Waals surface area contributed by atoms with Gasteiger partial charge in [0.25, 0.3) is 0 Å². The maximum Gasteiger partial charge on any atom is 0.303 e.